The third kappa shape index (κ3) is 4.22. The first-order chi connectivity index (χ1) is 11.1. The number of hydrogen-bond donors (Lipinski definition) is 2. The smallest absolute Gasteiger partial charge is 0.248 e. The Morgan fingerprint density at radius 1 is 0.958 bits per heavy atom. The largest absolute Gasteiger partial charge is 0.281 e. The van der Waals surface area contributed by atoms with Crippen molar-refractivity contribution in [3.8, 4) is 0 Å². The minimum Gasteiger partial charge on any atom is -0.281 e. The van der Waals surface area contributed by atoms with Gasteiger partial charge in [-0.25, -0.2) is 0 Å². The third-order valence-corrected chi connectivity index (χ3v) is 6.49. The van der Waals surface area contributed by atoms with E-state index in [1.807, 2.05) is 0 Å². The lowest BCUT2D eigenvalue weighted by molar-refractivity contribution is -0.132. The highest BCUT2D eigenvalue weighted by Crippen LogP contribution is 2.50. The van der Waals surface area contributed by atoms with E-state index in [1.165, 1.54) is 0 Å². The minimum absolute atomic E-state index is 0.00473. The van der Waals surface area contributed by atoms with Gasteiger partial charge in [0.2, 0.25) is 11.8 Å². The molecule has 0 saturated heterocycles. The van der Waals surface area contributed by atoms with Crippen LogP contribution >= 0.6 is 24.4 Å². The number of nitrogens with one attached hydrogen (secondary N) is 2. The molecule has 0 bridgehead atoms. The Morgan fingerprint density at radius 3 is 1.79 bits per heavy atom. The Labute approximate surface area is 154 Å². The normalized spacial score (nSPS) is 19.0. The standard InChI is InChI=1S/C16H26N4O2S2/c1-5-16(8-9-16)14(24)20(4)18-12(22)10-11(21)17-19(3)13(23)15(2)6-7-15/h5-10H2,1-4H3,(H,17,21)(H,18,22). The molecule has 2 N–H and O–H groups in total. The van der Waals surface area contributed by atoms with Gasteiger partial charge >= 0.3 is 0 Å². The predicted molar refractivity (Wildman–Crippen MR) is 101 cm³/mol. The summed E-state index contributed by atoms with van der Waals surface area (Å²) in [5, 5.41) is 3.11. The maximum Gasteiger partial charge on any atom is 0.248 e. The topological polar surface area (TPSA) is 64.7 Å². The minimum atomic E-state index is -0.391. The summed E-state index contributed by atoms with van der Waals surface area (Å²) in [5.74, 6) is -0.779. The Balaban J connectivity index is 1.76. The number of amides is 2. The third-order valence-electron chi connectivity index (χ3n) is 5.02. The van der Waals surface area contributed by atoms with E-state index in [2.05, 4.69) is 24.7 Å². The highest BCUT2D eigenvalue weighted by Gasteiger charge is 2.46. The van der Waals surface area contributed by atoms with Crippen LogP contribution in [0.4, 0.5) is 0 Å². The molecule has 0 radical (unpaired) electrons. The van der Waals surface area contributed by atoms with Gasteiger partial charge < -0.3 is 0 Å². The van der Waals surface area contributed by atoms with Crippen LogP contribution in [0.3, 0.4) is 0 Å². The lowest BCUT2D eigenvalue weighted by Gasteiger charge is -2.27. The fourth-order valence-corrected chi connectivity index (χ4v) is 3.38. The lowest BCUT2D eigenvalue weighted by Crippen LogP contribution is -2.49. The summed E-state index contributed by atoms with van der Waals surface area (Å²) >= 11 is 10.8. The van der Waals surface area contributed by atoms with Crippen LogP contribution in [0, 0.1) is 10.8 Å². The number of carbonyl (C=O) groups excluding carboxylic acids is 2. The van der Waals surface area contributed by atoms with Gasteiger partial charge in [-0.2, -0.15) is 0 Å². The second kappa shape index (κ2) is 6.92. The van der Waals surface area contributed by atoms with Crippen LogP contribution in [0.25, 0.3) is 0 Å². The molecule has 2 saturated carbocycles. The molecule has 2 aliphatic carbocycles. The van der Waals surface area contributed by atoms with Crippen molar-refractivity contribution in [1.29, 1.82) is 0 Å². The molecular formula is C16H26N4O2S2. The Hall–Kier alpha value is -1.28. The molecule has 2 amide bonds. The summed E-state index contributed by atoms with van der Waals surface area (Å²) in [6.45, 7) is 4.17. The van der Waals surface area contributed by atoms with Crippen molar-refractivity contribution in [3.63, 3.8) is 0 Å². The molecule has 0 aromatic carbocycles. The molecule has 0 aromatic rings. The molecule has 0 spiro atoms. The monoisotopic (exact) mass is 370 g/mol. The molecule has 0 unspecified atom stereocenters. The summed E-state index contributed by atoms with van der Waals surface area (Å²) in [5.41, 5.74) is 5.38. The Kier molecular flexibility index (Phi) is 5.49. The second-order valence-corrected chi connectivity index (χ2v) is 7.94. The van der Waals surface area contributed by atoms with Crippen molar-refractivity contribution in [3.05, 3.63) is 0 Å². The molecular weight excluding hydrogens is 344 g/mol. The molecule has 24 heavy (non-hydrogen) atoms. The first kappa shape index (κ1) is 19.1. The molecule has 0 aromatic heterocycles. The van der Waals surface area contributed by atoms with Gasteiger partial charge in [-0.3, -0.25) is 30.5 Å². The highest BCUT2D eigenvalue weighted by atomic mass is 32.1. The highest BCUT2D eigenvalue weighted by molar-refractivity contribution is 7.80. The fraction of sp³-hybridized carbons (Fsp3) is 0.750. The molecule has 8 heteroatoms. The van der Waals surface area contributed by atoms with Gasteiger partial charge in [-0.15, -0.1) is 0 Å². The fourth-order valence-electron chi connectivity index (χ4n) is 2.73. The van der Waals surface area contributed by atoms with Gasteiger partial charge in [-0.05, 0) is 32.1 Å². The van der Waals surface area contributed by atoms with Gasteiger partial charge in [0.05, 0.1) is 0 Å². The van der Waals surface area contributed by atoms with E-state index in [9.17, 15) is 9.59 Å². The first-order valence-electron chi connectivity index (χ1n) is 8.29. The number of carbonyl (C=O) groups is 2. The molecule has 0 aliphatic heterocycles. The molecule has 134 valence electrons. The van der Waals surface area contributed by atoms with Crippen LogP contribution in [-0.4, -0.2) is 45.9 Å². The molecule has 2 fully saturated rings. The Morgan fingerprint density at radius 2 is 1.42 bits per heavy atom. The van der Waals surface area contributed by atoms with Crippen molar-refractivity contribution in [1.82, 2.24) is 20.9 Å². The molecule has 0 heterocycles. The van der Waals surface area contributed by atoms with Crippen LogP contribution in [0.2, 0.25) is 0 Å². The number of hydrogen-bond acceptors (Lipinski definition) is 4. The summed E-state index contributed by atoms with van der Waals surface area (Å²) in [4.78, 5) is 25.5. The quantitative estimate of drug-likeness (QED) is 0.438. The van der Waals surface area contributed by atoms with Gasteiger partial charge in [0.25, 0.3) is 0 Å². The average molecular weight is 371 g/mol. The van der Waals surface area contributed by atoms with Crippen molar-refractivity contribution in [2.75, 3.05) is 14.1 Å². The van der Waals surface area contributed by atoms with Crippen LogP contribution in [0.15, 0.2) is 0 Å². The summed E-state index contributed by atoms with van der Waals surface area (Å²) in [6.07, 6.45) is 4.89. The van der Waals surface area contributed by atoms with E-state index >= 15 is 0 Å². The molecule has 6 nitrogen and oxygen atoms in total. The zero-order chi connectivity index (χ0) is 18.1. The maximum absolute atomic E-state index is 12.0. The number of thiocarbonyl (C=S) groups is 2. The van der Waals surface area contributed by atoms with E-state index < -0.39 is 5.91 Å². The van der Waals surface area contributed by atoms with E-state index in [0.29, 0.717) is 4.99 Å². The van der Waals surface area contributed by atoms with Crippen LogP contribution in [-0.2, 0) is 9.59 Å². The van der Waals surface area contributed by atoms with Crippen LogP contribution < -0.4 is 10.9 Å². The van der Waals surface area contributed by atoms with E-state index in [-0.39, 0.29) is 23.2 Å². The summed E-state index contributed by atoms with van der Waals surface area (Å²) in [6, 6.07) is 0. The van der Waals surface area contributed by atoms with Crippen molar-refractivity contribution < 1.29 is 9.59 Å². The van der Waals surface area contributed by atoms with E-state index in [1.54, 1.807) is 24.1 Å². The lowest BCUT2D eigenvalue weighted by atomic mass is 10.0. The van der Waals surface area contributed by atoms with Crippen molar-refractivity contribution in [2.45, 2.75) is 52.4 Å². The molecule has 2 rings (SSSR count). The van der Waals surface area contributed by atoms with E-state index in [0.717, 1.165) is 37.1 Å². The SMILES string of the molecule is CCC1(C(=S)N(C)NC(=O)CC(=O)NN(C)C(=S)C2(C)CC2)CC1. The molecule has 2 aliphatic rings. The molecule has 0 atom stereocenters. The summed E-state index contributed by atoms with van der Waals surface area (Å²) < 4.78 is 0. The Bertz CT molecular complexity index is 570. The van der Waals surface area contributed by atoms with Gasteiger partial charge in [-0.1, -0.05) is 38.3 Å². The first-order valence-corrected chi connectivity index (χ1v) is 9.10. The maximum atomic E-state index is 12.0. The summed E-state index contributed by atoms with van der Waals surface area (Å²) in [7, 11) is 3.43. The van der Waals surface area contributed by atoms with Gasteiger partial charge in [0.15, 0.2) is 0 Å². The van der Waals surface area contributed by atoms with Gasteiger partial charge in [0.1, 0.15) is 16.4 Å². The predicted octanol–water partition coefficient (Wildman–Crippen LogP) is 1.95. The number of hydrazine groups is 2. The van der Waals surface area contributed by atoms with Crippen molar-refractivity contribution >= 4 is 46.2 Å². The van der Waals surface area contributed by atoms with Gasteiger partial charge in [0, 0.05) is 24.9 Å². The van der Waals surface area contributed by atoms with Crippen LogP contribution in [0.5, 0.6) is 0 Å². The van der Waals surface area contributed by atoms with E-state index in [4.69, 9.17) is 24.4 Å². The number of nitrogens with zero attached hydrogens (tertiary/aromatic N) is 2. The average Bonchev–Trinajstić information content (AvgIpc) is 3.42. The van der Waals surface area contributed by atoms with Crippen LogP contribution in [0.1, 0.15) is 52.4 Å². The van der Waals surface area contributed by atoms with Crippen molar-refractivity contribution in [2.24, 2.45) is 10.8 Å². The second-order valence-electron chi connectivity index (χ2n) is 7.17. The number of rotatable bonds is 5. The zero-order valence-corrected chi connectivity index (χ0v) is 16.4. The zero-order valence-electron chi connectivity index (χ0n) is 14.8.